The molecule has 2 saturated heterocycles. The van der Waals surface area contributed by atoms with Gasteiger partial charge in [-0.1, -0.05) is 6.07 Å². The molecule has 2 aliphatic rings. The van der Waals surface area contributed by atoms with E-state index in [0.717, 1.165) is 38.1 Å². The Bertz CT molecular complexity index is 535. The van der Waals surface area contributed by atoms with E-state index in [2.05, 4.69) is 5.32 Å². The Kier molecular flexibility index (Phi) is 3.01. The number of β-lactam (4-membered cyclic amide) rings is 1. The van der Waals surface area contributed by atoms with Crippen molar-refractivity contribution in [3.8, 4) is 0 Å². The van der Waals surface area contributed by atoms with Crippen LogP contribution in [0.4, 0.5) is 18.9 Å². The van der Waals surface area contributed by atoms with Gasteiger partial charge >= 0.3 is 6.18 Å². The maximum Gasteiger partial charge on any atom is 0.416 e. The van der Waals surface area contributed by atoms with Crippen LogP contribution in [0.25, 0.3) is 0 Å². The van der Waals surface area contributed by atoms with E-state index < -0.39 is 11.7 Å². The normalized spacial score (nSPS) is 21.9. The average Bonchev–Trinajstić information content (AvgIpc) is 2.45. The zero-order chi connectivity index (χ0) is 14.4. The molecule has 1 N–H and O–H groups in total. The van der Waals surface area contributed by atoms with Crippen molar-refractivity contribution in [2.75, 3.05) is 24.5 Å². The van der Waals surface area contributed by atoms with Crippen LogP contribution < -0.4 is 10.2 Å². The number of anilines is 1. The largest absolute Gasteiger partial charge is 0.416 e. The standard InChI is InChI=1S/C14H15F3N2O/c15-14(16,17)10-2-1-3-11(8-10)19-9-13(12(19)20)4-6-18-7-5-13/h1-3,8,18H,4-7,9H2. The molecule has 0 aliphatic carbocycles. The molecule has 2 fully saturated rings. The monoisotopic (exact) mass is 284 g/mol. The van der Waals surface area contributed by atoms with Crippen LogP contribution in [-0.2, 0) is 11.0 Å². The van der Waals surface area contributed by atoms with Crippen LogP contribution in [0.1, 0.15) is 18.4 Å². The Morgan fingerprint density at radius 3 is 2.50 bits per heavy atom. The number of nitrogens with zero attached hydrogens (tertiary/aromatic N) is 1. The fourth-order valence-corrected chi connectivity index (χ4v) is 2.97. The van der Waals surface area contributed by atoms with E-state index >= 15 is 0 Å². The number of amides is 1. The summed E-state index contributed by atoms with van der Waals surface area (Å²) in [7, 11) is 0. The lowest BCUT2D eigenvalue weighted by molar-refractivity contribution is -0.139. The summed E-state index contributed by atoms with van der Waals surface area (Å²) < 4.78 is 38.1. The summed E-state index contributed by atoms with van der Waals surface area (Å²) in [6, 6.07) is 4.97. The zero-order valence-electron chi connectivity index (χ0n) is 10.8. The number of rotatable bonds is 1. The topological polar surface area (TPSA) is 32.3 Å². The number of hydrogen-bond donors (Lipinski definition) is 1. The van der Waals surface area contributed by atoms with Crippen LogP contribution in [0, 0.1) is 5.41 Å². The molecule has 0 bridgehead atoms. The highest BCUT2D eigenvalue weighted by Gasteiger charge is 2.52. The Balaban J connectivity index is 1.80. The molecular weight excluding hydrogens is 269 g/mol. The highest BCUT2D eigenvalue weighted by molar-refractivity contribution is 6.04. The van der Waals surface area contributed by atoms with Crippen molar-refractivity contribution in [2.24, 2.45) is 5.41 Å². The number of halogens is 3. The lowest BCUT2D eigenvalue weighted by Gasteiger charge is -2.51. The molecule has 108 valence electrons. The molecule has 0 unspecified atom stereocenters. The number of benzene rings is 1. The third-order valence-corrected chi connectivity index (χ3v) is 4.21. The van der Waals surface area contributed by atoms with Crippen LogP contribution in [0.3, 0.4) is 0 Å². The quantitative estimate of drug-likeness (QED) is 0.803. The molecule has 1 aromatic carbocycles. The lowest BCUT2D eigenvalue weighted by atomic mass is 9.71. The van der Waals surface area contributed by atoms with Crippen molar-refractivity contribution in [3.63, 3.8) is 0 Å². The Morgan fingerprint density at radius 2 is 1.90 bits per heavy atom. The van der Waals surface area contributed by atoms with Gasteiger partial charge in [0.15, 0.2) is 0 Å². The van der Waals surface area contributed by atoms with Gasteiger partial charge in [-0.2, -0.15) is 13.2 Å². The first kappa shape index (κ1) is 13.4. The second-order valence-electron chi connectivity index (χ2n) is 5.47. The molecule has 2 aliphatic heterocycles. The maximum atomic E-state index is 12.7. The van der Waals surface area contributed by atoms with Gasteiger partial charge in [0.05, 0.1) is 11.0 Å². The molecule has 0 aromatic heterocycles. The smallest absolute Gasteiger partial charge is 0.317 e. The van der Waals surface area contributed by atoms with E-state index in [1.807, 2.05) is 0 Å². The van der Waals surface area contributed by atoms with Crippen LogP contribution in [0.15, 0.2) is 24.3 Å². The SMILES string of the molecule is O=C1N(c2cccc(C(F)(F)F)c2)CC12CCNCC2. The molecule has 2 heterocycles. The summed E-state index contributed by atoms with van der Waals surface area (Å²) in [6.07, 6.45) is -2.85. The third kappa shape index (κ3) is 2.08. The lowest BCUT2D eigenvalue weighted by Crippen LogP contribution is -2.64. The Labute approximate surface area is 114 Å². The van der Waals surface area contributed by atoms with Crippen LogP contribution in [0.2, 0.25) is 0 Å². The van der Waals surface area contributed by atoms with E-state index in [4.69, 9.17) is 0 Å². The fourth-order valence-electron chi connectivity index (χ4n) is 2.97. The predicted octanol–water partition coefficient (Wildman–Crippen LogP) is 2.42. The fraction of sp³-hybridized carbons (Fsp3) is 0.500. The van der Waals surface area contributed by atoms with Crippen molar-refractivity contribution in [1.29, 1.82) is 0 Å². The molecule has 3 rings (SSSR count). The Hall–Kier alpha value is -1.56. The first-order chi connectivity index (χ1) is 9.42. The first-order valence-corrected chi connectivity index (χ1v) is 6.62. The number of carbonyl (C=O) groups excluding carboxylic acids is 1. The number of hydrogen-bond acceptors (Lipinski definition) is 2. The van der Waals surface area contributed by atoms with Crippen molar-refractivity contribution < 1.29 is 18.0 Å². The summed E-state index contributed by atoms with van der Waals surface area (Å²) in [5, 5.41) is 3.19. The van der Waals surface area contributed by atoms with Crippen LogP contribution in [0.5, 0.6) is 0 Å². The maximum absolute atomic E-state index is 12.7. The van der Waals surface area contributed by atoms with Crippen LogP contribution in [-0.4, -0.2) is 25.5 Å². The minimum Gasteiger partial charge on any atom is -0.317 e. The summed E-state index contributed by atoms with van der Waals surface area (Å²) in [5.74, 6) is -0.0432. The van der Waals surface area contributed by atoms with Gasteiger partial charge in [0.1, 0.15) is 0 Å². The second kappa shape index (κ2) is 4.48. The van der Waals surface area contributed by atoms with E-state index in [-0.39, 0.29) is 11.3 Å². The van der Waals surface area contributed by atoms with Gasteiger partial charge in [-0.25, -0.2) is 0 Å². The third-order valence-electron chi connectivity index (χ3n) is 4.21. The second-order valence-corrected chi connectivity index (χ2v) is 5.47. The minimum absolute atomic E-state index is 0.0432. The molecule has 1 aromatic rings. The molecule has 0 radical (unpaired) electrons. The molecule has 1 spiro atoms. The van der Waals surface area contributed by atoms with Gasteiger partial charge in [-0.15, -0.1) is 0 Å². The van der Waals surface area contributed by atoms with Gasteiger partial charge in [0, 0.05) is 12.2 Å². The van der Waals surface area contributed by atoms with Gasteiger partial charge in [0.2, 0.25) is 5.91 Å². The van der Waals surface area contributed by atoms with E-state index in [0.29, 0.717) is 12.2 Å². The molecule has 3 nitrogen and oxygen atoms in total. The molecule has 0 saturated carbocycles. The van der Waals surface area contributed by atoms with Crippen molar-refractivity contribution in [3.05, 3.63) is 29.8 Å². The van der Waals surface area contributed by atoms with Crippen molar-refractivity contribution in [2.45, 2.75) is 19.0 Å². The van der Waals surface area contributed by atoms with Crippen molar-refractivity contribution >= 4 is 11.6 Å². The van der Waals surface area contributed by atoms with E-state index in [9.17, 15) is 18.0 Å². The van der Waals surface area contributed by atoms with Crippen LogP contribution >= 0.6 is 0 Å². The minimum atomic E-state index is -4.38. The number of nitrogens with one attached hydrogen (secondary N) is 1. The van der Waals surface area contributed by atoms with Crippen molar-refractivity contribution in [1.82, 2.24) is 5.32 Å². The molecule has 6 heteroatoms. The highest BCUT2D eigenvalue weighted by atomic mass is 19.4. The molecule has 1 amide bonds. The van der Waals surface area contributed by atoms with E-state index in [1.165, 1.54) is 11.0 Å². The summed E-state index contributed by atoms with van der Waals surface area (Å²) in [5.41, 5.74) is -0.720. The molecular formula is C14H15F3N2O. The van der Waals surface area contributed by atoms with Gasteiger partial charge in [0.25, 0.3) is 0 Å². The summed E-state index contributed by atoms with van der Waals surface area (Å²) in [4.78, 5) is 13.8. The van der Waals surface area contributed by atoms with Gasteiger partial charge < -0.3 is 10.2 Å². The first-order valence-electron chi connectivity index (χ1n) is 6.62. The number of alkyl halides is 3. The predicted molar refractivity (Wildman–Crippen MR) is 68.3 cm³/mol. The summed E-state index contributed by atoms with van der Waals surface area (Å²) >= 11 is 0. The number of carbonyl (C=O) groups is 1. The average molecular weight is 284 g/mol. The Morgan fingerprint density at radius 1 is 1.20 bits per heavy atom. The van der Waals surface area contributed by atoms with E-state index in [1.54, 1.807) is 6.07 Å². The highest BCUT2D eigenvalue weighted by Crippen LogP contribution is 2.43. The zero-order valence-corrected chi connectivity index (χ0v) is 10.8. The van der Waals surface area contributed by atoms with Gasteiger partial charge in [-0.05, 0) is 44.1 Å². The number of piperidine rings is 1. The molecule has 20 heavy (non-hydrogen) atoms. The summed E-state index contributed by atoms with van der Waals surface area (Å²) in [6.45, 7) is 2.11. The van der Waals surface area contributed by atoms with Gasteiger partial charge in [-0.3, -0.25) is 4.79 Å². The molecule has 0 atom stereocenters.